The van der Waals surface area contributed by atoms with Crippen LogP contribution in [0.4, 0.5) is 19.1 Å². The number of carbonyl (C=O) groups excluding carboxylic acids is 1. The van der Waals surface area contributed by atoms with Crippen molar-refractivity contribution in [1.82, 2.24) is 14.9 Å². The number of carboxylic acids is 1. The van der Waals surface area contributed by atoms with Gasteiger partial charge >= 0.3 is 12.1 Å². The number of nitrogens with zero attached hydrogens (tertiary/aromatic N) is 4. The molecule has 1 N–H and O–H groups in total. The average molecular weight is 442 g/mol. The van der Waals surface area contributed by atoms with Gasteiger partial charge in [-0.15, -0.1) is 0 Å². The van der Waals surface area contributed by atoms with Crippen molar-refractivity contribution in [1.29, 1.82) is 0 Å². The Hall–Kier alpha value is -2.39. The summed E-state index contributed by atoms with van der Waals surface area (Å²) in [6.45, 7) is 5.77. The molecule has 1 aromatic heterocycles. The number of likely N-dealkylation sites (tertiary alicyclic amines) is 1. The summed E-state index contributed by atoms with van der Waals surface area (Å²) in [5, 5.41) is 7.12. The van der Waals surface area contributed by atoms with Crippen LogP contribution in [0.1, 0.15) is 50.5 Å². The van der Waals surface area contributed by atoms with Gasteiger partial charge in [0.15, 0.2) is 0 Å². The maximum Gasteiger partial charge on any atom is 0.490 e. The molecule has 1 aromatic rings. The number of alkyl halides is 3. The Morgan fingerprint density at radius 3 is 2.16 bits per heavy atom. The molecule has 1 amide bonds. The van der Waals surface area contributed by atoms with Gasteiger partial charge in [-0.05, 0) is 50.5 Å². The minimum atomic E-state index is -5.08. The molecule has 3 aliphatic rings. The van der Waals surface area contributed by atoms with Crippen molar-refractivity contribution < 1.29 is 27.9 Å². The number of carbonyl (C=O) groups is 2. The molecule has 3 heterocycles. The van der Waals surface area contributed by atoms with E-state index in [1.807, 2.05) is 19.3 Å². The first-order valence-corrected chi connectivity index (χ1v) is 10.7. The minimum Gasteiger partial charge on any atom is -0.475 e. The first kappa shape index (κ1) is 23.3. The van der Waals surface area contributed by atoms with Crippen molar-refractivity contribution in [2.24, 2.45) is 11.3 Å². The molecule has 0 atom stereocenters. The third kappa shape index (κ3) is 5.65. The van der Waals surface area contributed by atoms with E-state index in [9.17, 15) is 18.0 Å². The molecule has 4 rings (SSSR count). The summed E-state index contributed by atoms with van der Waals surface area (Å²) < 4.78 is 31.7. The summed E-state index contributed by atoms with van der Waals surface area (Å²) >= 11 is 0. The number of carboxylic acid groups (broad SMARTS) is 1. The molecule has 31 heavy (non-hydrogen) atoms. The van der Waals surface area contributed by atoms with E-state index in [1.54, 1.807) is 0 Å². The van der Waals surface area contributed by atoms with E-state index in [2.05, 4.69) is 19.8 Å². The molecule has 10 heteroatoms. The molecule has 0 aromatic carbocycles. The highest BCUT2D eigenvalue weighted by molar-refractivity contribution is 5.85. The summed E-state index contributed by atoms with van der Waals surface area (Å²) in [7, 11) is 0. The Morgan fingerprint density at radius 1 is 1.13 bits per heavy atom. The predicted molar refractivity (Wildman–Crippen MR) is 107 cm³/mol. The van der Waals surface area contributed by atoms with Gasteiger partial charge in [0, 0.05) is 38.6 Å². The number of hydrogen-bond acceptors (Lipinski definition) is 5. The van der Waals surface area contributed by atoms with Gasteiger partial charge in [-0.2, -0.15) is 13.2 Å². The van der Waals surface area contributed by atoms with Gasteiger partial charge in [0.05, 0.1) is 5.41 Å². The second kappa shape index (κ2) is 9.40. The fourth-order valence-electron chi connectivity index (χ4n) is 4.72. The third-order valence-electron chi connectivity index (χ3n) is 6.57. The molecule has 1 spiro atoms. The lowest BCUT2D eigenvalue weighted by Gasteiger charge is -2.38. The molecule has 0 bridgehead atoms. The topological polar surface area (TPSA) is 86.6 Å². The minimum absolute atomic E-state index is 0.0974. The number of halogens is 3. The maximum absolute atomic E-state index is 13.0. The molecule has 2 aliphatic heterocycles. The molecule has 1 saturated carbocycles. The lowest BCUT2D eigenvalue weighted by atomic mass is 9.77. The first-order valence-electron chi connectivity index (χ1n) is 10.7. The van der Waals surface area contributed by atoms with Crippen LogP contribution >= 0.6 is 0 Å². The van der Waals surface area contributed by atoms with Crippen molar-refractivity contribution in [3.8, 4) is 0 Å². The van der Waals surface area contributed by atoms with E-state index in [0.717, 1.165) is 62.9 Å². The third-order valence-corrected chi connectivity index (χ3v) is 6.57. The fraction of sp³-hybridized carbons (Fsp3) is 0.714. The van der Waals surface area contributed by atoms with E-state index < -0.39 is 12.1 Å². The van der Waals surface area contributed by atoms with E-state index in [-0.39, 0.29) is 5.41 Å². The first-order chi connectivity index (χ1) is 14.6. The average Bonchev–Trinajstić information content (AvgIpc) is 3.34. The molecular formula is C21H29F3N4O3. The van der Waals surface area contributed by atoms with Crippen LogP contribution in [-0.2, 0) is 9.59 Å². The summed E-state index contributed by atoms with van der Waals surface area (Å²) in [5.74, 6) is -0.764. The van der Waals surface area contributed by atoms with Crippen LogP contribution in [0.5, 0.6) is 0 Å². The van der Waals surface area contributed by atoms with Crippen LogP contribution in [0, 0.1) is 18.3 Å². The summed E-state index contributed by atoms with van der Waals surface area (Å²) in [4.78, 5) is 35.2. The van der Waals surface area contributed by atoms with Gasteiger partial charge < -0.3 is 14.9 Å². The number of hydrogen-bond donors (Lipinski definition) is 1. The quantitative estimate of drug-likeness (QED) is 0.772. The maximum atomic E-state index is 13.0. The summed E-state index contributed by atoms with van der Waals surface area (Å²) in [6.07, 6.45) is 6.93. The van der Waals surface area contributed by atoms with Crippen LogP contribution < -0.4 is 4.90 Å². The lowest BCUT2D eigenvalue weighted by Crippen LogP contribution is -2.45. The highest BCUT2D eigenvalue weighted by atomic mass is 19.4. The van der Waals surface area contributed by atoms with E-state index >= 15 is 0 Å². The summed E-state index contributed by atoms with van der Waals surface area (Å²) in [5.41, 5.74) is 0.987. The number of piperidine rings is 1. The number of aromatic nitrogens is 2. The van der Waals surface area contributed by atoms with Gasteiger partial charge in [-0.25, -0.2) is 14.8 Å². The van der Waals surface area contributed by atoms with Gasteiger partial charge in [0.25, 0.3) is 0 Å². The zero-order valence-electron chi connectivity index (χ0n) is 17.7. The van der Waals surface area contributed by atoms with E-state index in [1.165, 1.54) is 25.7 Å². The highest BCUT2D eigenvalue weighted by Gasteiger charge is 2.48. The number of aryl methyl sites for hydroxylation is 1. The van der Waals surface area contributed by atoms with Crippen LogP contribution in [0.3, 0.4) is 0 Å². The molecule has 2 saturated heterocycles. The number of rotatable bonds is 3. The Kier molecular flexibility index (Phi) is 7.06. The van der Waals surface area contributed by atoms with Crippen LogP contribution in [0.25, 0.3) is 0 Å². The van der Waals surface area contributed by atoms with Crippen molar-refractivity contribution in [3.63, 3.8) is 0 Å². The van der Waals surface area contributed by atoms with E-state index in [4.69, 9.17) is 9.90 Å². The smallest absolute Gasteiger partial charge is 0.475 e. The van der Waals surface area contributed by atoms with Gasteiger partial charge in [-0.1, -0.05) is 12.8 Å². The monoisotopic (exact) mass is 442 g/mol. The largest absolute Gasteiger partial charge is 0.490 e. The van der Waals surface area contributed by atoms with Crippen molar-refractivity contribution in [3.05, 3.63) is 18.0 Å². The molecule has 0 unspecified atom stereocenters. The zero-order valence-corrected chi connectivity index (χ0v) is 17.7. The van der Waals surface area contributed by atoms with Crippen LogP contribution in [0.2, 0.25) is 0 Å². The number of anilines is 1. The Balaban J connectivity index is 0.000000339. The Morgan fingerprint density at radius 2 is 1.65 bits per heavy atom. The highest BCUT2D eigenvalue weighted by Crippen LogP contribution is 2.42. The normalized spacial score (nSPS) is 21.4. The molecular weight excluding hydrogens is 413 g/mol. The SMILES string of the molecule is Cc1cnc(N2CCC3(CCN(CC4CCCC4)C3=O)CC2)nc1.O=C(O)C(F)(F)F. The molecule has 3 fully saturated rings. The van der Waals surface area contributed by atoms with Crippen molar-refractivity contribution in [2.45, 2.75) is 58.0 Å². The Labute approximate surface area is 179 Å². The molecule has 1 aliphatic carbocycles. The standard InChI is InChI=1S/C19H28N4O.C2HF3O2/c1-15-12-20-18(21-13-15)22-9-6-19(7-10-22)8-11-23(17(19)24)14-16-4-2-3-5-16;3-2(4,5)1(6)7/h12-13,16H,2-11,14H2,1H3;(H,6,7). The van der Waals surface area contributed by atoms with Crippen molar-refractivity contribution >= 4 is 17.8 Å². The summed E-state index contributed by atoms with van der Waals surface area (Å²) in [6, 6.07) is 0. The van der Waals surface area contributed by atoms with Crippen molar-refractivity contribution in [2.75, 3.05) is 31.1 Å². The van der Waals surface area contributed by atoms with Gasteiger partial charge in [0.1, 0.15) is 0 Å². The zero-order chi connectivity index (χ0) is 22.6. The molecule has 7 nitrogen and oxygen atoms in total. The number of aliphatic carboxylic acids is 1. The predicted octanol–water partition coefficient (Wildman–Crippen LogP) is 3.43. The van der Waals surface area contributed by atoms with Gasteiger partial charge in [-0.3, -0.25) is 4.79 Å². The van der Waals surface area contributed by atoms with Crippen LogP contribution in [0.15, 0.2) is 12.4 Å². The molecule has 0 radical (unpaired) electrons. The fourth-order valence-corrected chi connectivity index (χ4v) is 4.72. The van der Waals surface area contributed by atoms with E-state index in [0.29, 0.717) is 5.91 Å². The molecule has 172 valence electrons. The van der Waals surface area contributed by atoms with Gasteiger partial charge in [0.2, 0.25) is 11.9 Å². The lowest BCUT2D eigenvalue weighted by molar-refractivity contribution is -0.192. The Bertz CT molecular complexity index is 771. The van der Waals surface area contributed by atoms with Crippen LogP contribution in [-0.4, -0.2) is 64.2 Å². The number of amides is 1. The second-order valence-corrected chi connectivity index (χ2v) is 8.78. The second-order valence-electron chi connectivity index (χ2n) is 8.78.